The van der Waals surface area contributed by atoms with Crippen LogP contribution in [0.2, 0.25) is 10.0 Å². The monoisotopic (exact) mass is 323 g/mol. The summed E-state index contributed by atoms with van der Waals surface area (Å²) < 4.78 is 1.21. The van der Waals surface area contributed by atoms with Crippen LogP contribution < -0.4 is 10.9 Å². The largest absolute Gasteiger partial charge is 0.351 e. The van der Waals surface area contributed by atoms with Gasteiger partial charge in [0.2, 0.25) is 5.95 Å². The molecule has 21 heavy (non-hydrogen) atoms. The average molecular weight is 324 g/mol. The molecule has 3 aromatic rings. The summed E-state index contributed by atoms with van der Waals surface area (Å²) >= 11 is 11.7. The van der Waals surface area contributed by atoms with Crippen LogP contribution in [0.5, 0.6) is 0 Å². The zero-order valence-corrected chi connectivity index (χ0v) is 12.5. The second-order valence-corrected chi connectivity index (χ2v) is 5.32. The van der Waals surface area contributed by atoms with E-state index in [1.807, 2.05) is 24.3 Å². The van der Waals surface area contributed by atoms with Crippen LogP contribution in [0.1, 0.15) is 11.3 Å². The Balaban J connectivity index is 1.86. The summed E-state index contributed by atoms with van der Waals surface area (Å²) in [7, 11) is 0. The zero-order chi connectivity index (χ0) is 15.0. The number of aryl methyl sites for hydroxylation is 1. The third-order valence-electron chi connectivity index (χ3n) is 2.98. The van der Waals surface area contributed by atoms with Crippen molar-refractivity contribution in [2.24, 2.45) is 0 Å². The van der Waals surface area contributed by atoms with Gasteiger partial charge in [0.25, 0.3) is 11.3 Å². The normalized spacial score (nSPS) is 11.0. The Morgan fingerprint density at radius 1 is 1.24 bits per heavy atom. The lowest BCUT2D eigenvalue weighted by Gasteiger charge is -2.02. The summed E-state index contributed by atoms with van der Waals surface area (Å²) in [5.74, 6) is 0.719. The minimum Gasteiger partial charge on any atom is -0.351 e. The molecule has 6 nitrogen and oxygen atoms in total. The molecule has 0 spiro atoms. The maximum Gasteiger partial charge on any atom is 0.293 e. The van der Waals surface area contributed by atoms with E-state index in [2.05, 4.69) is 20.4 Å². The van der Waals surface area contributed by atoms with E-state index >= 15 is 0 Å². The fourth-order valence-electron chi connectivity index (χ4n) is 1.87. The Morgan fingerprint density at radius 2 is 1.95 bits per heavy atom. The van der Waals surface area contributed by atoms with Crippen molar-refractivity contribution < 1.29 is 0 Å². The first kappa shape index (κ1) is 13.9. The van der Waals surface area contributed by atoms with Gasteiger partial charge in [0.15, 0.2) is 0 Å². The lowest BCUT2D eigenvalue weighted by molar-refractivity contribution is 0.887. The summed E-state index contributed by atoms with van der Waals surface area (Å²) in [4.78, 5) is 20.3. The molecule has 0 aliphatic carbocycles. The molecule has 0 radical (unpaired) electrons. The van der Waals surface area contributed by atoms with E-state index in [-0.39, 0.29) is 16.4 Å². The van der Waals surface area contributed by atoms with E-state index in [0.717, 1.165) is 5.56 Å². The first-order valence-corrected chi connectivity index (χ1v) is 6.93. The lowest BCUT2D eigenvalue weighted by atomic mass is 10.2. The van der Waals surface area contributed by atoms with E-state index < -0.39 is 0 Å². The van der Waals surface area contributed by atoms with Crippen LogP contribution in [-0.4, -0.2) is 19.6 Å². The van der Waals surface area contributed by atoms with Crippen LogP contribution in [0.15, 0.2) is 29.1 Å². The van der Waals surface area contributed by atoms with E-state index in [0.29, 0.717) is 23.2 Å². The van der Waals surface area contributed by atoms with Gasteiger partial charge in [-0.3, -0.25) is 9.89 Å². The number of rotatable bonds is 3. The molecule has 0 unspecified atom stereocenters. The molecule has 108 valence electrons. The Labute approximate surface area is 129 Å². The third kappa shape index (κ3) is 2.72. The van der Waals surface area contributed by atoms with Crippen molar-refractivity contribution in [1.82, 2.24) is 19.6 Å². The minimum atomic E-state index is -0.369. The summed E-state index contributed by atoms with van der Waals surface area (Å²) in [6.45, 7) is 2.21. The number of aromatic nitrogens is 4. The van der Waals surface area contributed by atoms with Gasteiger partial charge in [-0.05, 0) is 24.6 Å². The highest BCUT2D eigenvalue weighted by Crippen LogP contribution is 2.12. The van der Waals surface area contributed by atoms with Crippen molar-refractivity contribution in [1.29, 1.82) is 0 Å². The predicted molar refractivity (Wildman–Crippen MR) is 82.1 cm³/mol. The molecule has 0 saturated heterocycles. The van der Waals surface area contributed by atoms with Crippen molar-refractivity contribution in [2.75, 3.05) is 5.32 Å². The van der Waals surface area contributed by atoms with Gasteiger partial charge in [-0.2, -0.15) is 9.50 Å². The molecular formula is C13H11Cl2N5O. The fraction of sp³-hybridized carbons (Fsp3) is 0.154. The van der Waals surface area contributed by atoms with E-state index in [4.69, 9.17) is 23.2 Å². The summed E-state index contributed by atoms with van der Waals surface area (Å²) in [6.07, 6.45) is 0. The number of benzene rings is 1. The van der Waals surface area contributed by atoms with Crippen molar-refractivity contribution in [2.45, 2.75) is 13.5 Å². The molecule has 0 aliphatic heterocycles. The van der Waals surface area contributed by atoms with Gasteiger partial charge in [-0.15, -0.1) is 0 Å². The molecule has 0 amide bonds. The zero-order valence-electron chi connectivity index (χ0n) is 11.0. The summed E-state index contributed by atoms with van der Waals surface area (Å²) in [5.41, 5.74) is 1.12. The van der Waals surface area contributed by atoms with Crippen LogP contribution in [0.4, 0.5) is 5.95 Å². The van der Waals surface area contributed by atoms with Crippen LogP contribution in [-0.2, 0) is 6.54 Å². The molecule has 8 heteroatoms. The number of aromatic amines is 1. The molecule has 2 heterocycles. The molecule has 0 atom stereocenters. The maximum atomic E-state index is 12.0. The molecule has 0 bridgehead atoms. The molecular weight excluding hydrogens is 313 g/mol. The highest BCUT2D eigenvalue weighted by atomic mass is 35.5. The van der Waals surface area contributed by atoms with Gasteiger partial charge in [-0.1, -0.05) is 35.3 Å². The highest BCUT2D eigenvalue weighted by molar-refractivity contribution is 6.31. The molecule has 1 aromatic carbocycles. The van der Waals surface area contributed by atoms with Gasteiger partial charge < -0.3 is 5.32 Å². The number of anilines is 1. The number of hydrogen-bond donors (Lipinski definition) is 2. The van der Waals surface area contributed by atoms with Crippen LogP contribution in [0.3, 0.4) is 0 Å². The van der Waals surface area contributed by atoms with Crippen LogP contribution >= 0.6 is 23.2 Å². The average Bonchev–Trinajstić information content (AvgIpc) is 2.87. The molecule has 2 aromatic heterocycles. The predicted octanol–water partition coefficient (Wildman–Crippen LogP) is 2.64. The van der Waals surface area contributed by atoms with Gasteiger partial charge in [0.05, 0.1) is 5.69 Å². The second kappa shape index (κ2) is 5.38. The van der Waals surface area contributed by atoms with Gasteiger partial charge in [-0.25, -0.2) is 4.98 Å². The Bertz CT molecular complexity index is 853. The third-order valence-corrected chi connectivity index (χ3v) is 3.67. The highest BCUT2D eigenvalue weighted by Gasteiger charge is 2.11. The van der Waals surface area contributed by atoms with Crippen LogP contribution in [0.25, 0.3) is 5.78 Å². The van der Waals surface area contributed by atoms with E-state index in [1.165, 1.54) is 4.52 Å². The molecule has 3 rings (SSSR count). The number of H-pyrrole nitrogens is 1. The van der Waals surface area contributed by atoms with Crippen molar-refractivity contribution in [3.8, 4) is 0 Å². The van der Waals surface area contributed by atoms with Crippen molar-refractivity contribution in [3.05, 3.63) is 55.9 Å². The topological polar surface area (TPSA) is 75.1 Å². The summed E-state index contributed by atoms with van der Waals surface area (Å²) in [5, 5.41) is 6.67. The molecule has 0 saturated carbocycles. The SMILES string of the molecule is Cc1nc2nc(NCc3ccc(Cl)cc3)[nH]n2c(=O)c1Cl. The number of fused-ring (bicyclic) bond motifs is 1. The Morgan fingerprint density at radius 3 is 2.67 bits per heavy atom. The maximum absolute atomic E-state index is 12.0. The fourth-order valence-corrected chi connectivity index (χ4v) is 2.12. The van der Waals surface area contributed by atoms with Gasteiger partial charge >= 0.3 is 0 Å². The van der Waals surface area contributed by atoms with Crippen molar-refractivity contribution >= 4 is 34.9 Å². The quantitative estimate of drug-likeness (QED) is 0.777. The smallest absolute Gasteiger partial charge is 0.293 e. The Kier molecular flexibility index (Phi) is 3.57. The van der Waals surface area contributed by atoms with Crippen LogP contribution in [0, 0.1) is 6.92 Å². The number of nitrogens with one attached hydrogen (secondary N) is 2. The Hall–Kier alpha value is -2.05. The first-order chi connectivity index (χ1) is 10.0. The molecule has 2 N–H and O–H groups in total. The molecule has 0 fully saturated rings. The first-order valence-electron chi connectivity index (χ1n) is 6.18. The van der Waals surface area contributed by atoms with E-state index in [1.54, 1.807) is 6.92 Å². The van der Waals surface area contributed by atoms with Crippen molar-refractivity contribution in [3.63, 3.8) is 0 Å². The van der Waals surface area contributed by atoms with Gasteiger partial charge in [0, 0.05) is 11.6 Å². The number of halogens is 2. The van der Waals surface area contributed by atoms with Gasteiger partial charge in [0.1, 0.15) is 5.02 Å². The molecule has 0 aliphatic rings. The minimum absolute atomic E-state index is 0.0837. The number of nitrogens with zero attached hydrogens (tertiary/aromatic N) is 3. The second-order valence-electron chi connectivity index (χ2n) is 4.50. The number of hydrogen-bond acceptors (Lipinski definition) is 4. The van der Waals surface area contributed by atoms with E-state index in [9.17, 15) is 4.79 Å². The summed E-state index contributed by atoms with van der Waals surface area (Å²) in [6, 6.07) is 7.44. The standard InChI is InChI=1S/C13H11Cl2N5O/c1-7-10(15)11(21)20-13(17-7)18-12(19-20)16-6-8-2-4-9(14)5-3-8/h2-5H,6H2,1H3,(H2,16,17,18,19). The lowest BCUT2D eigenvalue weighted by Crippen LogP contribution is -2.17.